The first kappa shape index (κ1) is 14.6. The van der Waals surface area contributed by atoms with E-state index in [1.807, 2.05) is 18.2 Å². The molecule has 0 aromatic heterocycles. The SMILES string of the molecule is ClC(CNCC1CCCc2ccccc21)c1ccccc1. The second-order valence-corrected chi connectivity index (χ2v) is 6.35. The molecule has 21 heavy (non-hydrogen) atoms. The lowest BCUT2D eigenvalue weighted by Crippen LogP contribution is -2.27. The van der Waals surface area contributed by atoms with Crippen molar-refractivity contribution < 1.29 is 0 Å². The van der Waals surface area contributed by atoms with Crippen molar-refractivity contribution in [3.63, 3.8) is 0 Å². The third kappa shape index (κ3) is 3.66. The number of benzene rings is 2. The first-order chi connectivity index (χ1) is 10.3. The summed E-state index contributed by atoms with van der Waals surface area (Å²) in [5.74, 6) is 0.634. The van der Waals surface area contributed by atoms with Crippen LogP contribution in [0.3, 0.4) is 0 Å². The standard InChI is InChI=1S/C19H22ClN/c20-19(16-8-2-1-3-9-16)14-21-13-17-11-6-10-15-7-4-5-12-18(15)17/h1-5,7-9,12,17,19,21H,6,10-11,13-14H2. The molecule has 0 amide bonds. The van der Waals surface area contributed by atoms with Gasteiger partial charge in [-0.1, -0.05) is 54.6 Å². The molecule has 1 N–H and O–H groups in total. The highest BCUT2D eigenvalue weighted by atomic mass is 35.5. The fourth-order valence-electron chi connectivity index (χ4n) is 3.23. The molecule has 1 nitrogen and oxygen atoms in total. The van der Waals surface area contributed by atoms with Crippen molar-refractivity contribution >= 4 is 11.6 Å². The molecule has 0 heterocycles. The number of halogens is 1. The van der Waals surface area contributed by atoms with Gasteiger partial charge >= 0.3 is 0 Å². The summed E-state index contributed by atoms with van der Waals surface area (Å²) in [6, 6.07) is 19.2. The van der Waals surface area contributed by atoms with E-state index in [0.717, 1.165) is 13.1 Å². The van der Waals surface area contributed by atoms with Crippen LogP contribution < -0.4 is 5.32 Å². The normalized spacial score (nSPS) is 19.0. The van der Waals surface area contributed by atoms with E-state index in [1.165, 1.54) is 36.0 Å². The van der Waals surface area contributed by atoms with Crippen LogP contribution in [0.25, 0.3) is 0 Å². The maximum Gasteiger partial charge on any atom is 0.0709 e. The summed E-state index contributed by atoms with van der Waals surface area (Å²) < 4.78 is 0. The molecular formula is C19H22ClN. The number of hydrogen-bond donors (Lipinski definition) is 1. The number of fused-ring (bicyclic) bond motifs is 1. The van der Waals surface area contributed by atoms with Crippen molar-refractivity contribution in [3.05, 3.63) is 71.3 Å². The Hall–Kier alpha value is -1.31. The lowest BCUT2D eigenvalue weighted by Gasteiger charge is -2.26. The topological polar surface area (TPSA) is 12.0 Å². The van der Waals surface area contributed by atoms with Gasteiger partial charge < -0.3 is 5.32 Å². The third-order valence-electron chi connectivity index (χ3n) is 4.37. The summed E-state index contributed by atoms with van der Waals surface area (Å²) in [5.41, 5.74) is 4.25. The molecule has 1 aliphatic carbocycles. The predicted octanol–water partition coefficient (Wildman–Crippen LogP) is 4.68. The highest BCUT2D eigenvalue weighted by Crippen LogP contribution is 2.31. The van der Waals surface area contributed by atoms with E-state index in [2.05, 4.69) is 41.7 Å². The zero-order valence-corrected chi connectivity index (χ0v) is 13.0. The molecule has 2 atom stereocenters. The minimum atomic E-state index is 0.0463. The summed E-state index contributed by atoms with van der Waals surface area (Å²) in [6.45, 7) is 1.84. The molecule has 0 spiro atoms. The van der Waals surface area contributed by atoms with Crippen LogP contribution in [0.2, 0.25) is 0 Å². The number of alkyl halides is 1. The molecule has 1 aliphatic rings. The third-order valence-corrected chi connectivity index (χ3v) is 4.78. The van der Waals surface area contributed by atoms with Gasteiger partial charge in [-0.3, -0.25) is 0 Å². The average molecular weight is 300 g/mol. The largest absolute Gasteiger partial charge is 0.314 e. The molecule has 2 heteroatoms. The van der Waals surface area contributed by atoms with Gasteiger partial charge in [-0.15, -0.1) is 11.6 Å². The molecule has 2 aromatic rings. The number of nitrogens with one attached hydrogen (secondary N) is 1. The van der Waals surface area contributed by atoms with Crippen LogP contribution >= 0.6 is 11.6 Å². The Morgan fingerprint density at radius 2 is 1.81 bits per heavy atom. The first-order valence-electron chi connectivity index (χ1n) is 7.82. The number of aryl methyl sites for hydroxylation is 1. The fourth-order valence-corrected chi connectivity index (χ4v) is 3.49. The van der Waals surface area contributed by atoms with Gasteiger partial charge in [0.15, 0.2) is 0 Å². The Kier molecular flexibility index (Phi) is 4.95. The number of rotatable bonds is 5. The molecule has 110 valence electrons. The van der Waals surface area contributed by atoms with Crippen LogP contribution in [0.1, 0.15) is 40.8 Å². The Morgan fingerprint density at radius 3 is 2.67 bits per heavy atom. The van der Waals surface area contributed by atoms with Crippen LogP contribution in [0.15, 0.2) is 54.6 Å². The van der Waals surface area contributed by atoms with E-state index in [9.17, 15) is 0 Å². The van der Waals surface area contributed by atoms with Gasteiger partial charge in [-0.25, -0.2) is 0 Å². The Bertz CT molecular complexity index is 567. The zero-order chi connectivity index (χ0) is 14.5. The molecule has 0 aliphatic heterocycles. The molecule has 0 saturated carbocycles. The monoisotopic (exact) mass is 299 g/mol. The minimum Gasteiger partial charge on any atom is -0.314 e. The quantitative estimate of drug-likeness (QED) is 0.791. The second-order valence-electron chi connectivity index (χ2n) is 5.82. The second kappa shape index (κ2) is 7.11. The molecule has 0 radical (unpaired) electrons. The Balaban J connectivity index is 1.55. The van der Waals surface area contributed by atoms with E-state index in [0.29, 0.717) is 5.92 Å². The van der Waals surface area contributed by atoms with Gasteiger partial charge in [0, 0.05) is 13.1 Å². The Morgan fingerprint density at radius 1 is 1.05 bits per heavy atom. The minimum absolute atomic E-state index is 0.0463. The lowest BCUT2D eigenvalue weighted by molar-refractivity contribution is 0.507. The highest BCUT2D eigenvalue weighted by molar-refractivity contribution is 6.21. The molecule has 0 fully saturated rings. The van der Waals surface area contributed by atoms with Gasteiger partial charge in [0.25, 0.3) is 0 Å². The highest BCUT2D eigenvalue weighted by Gasteiger charge is 2.19. The van der Waals surface area contributed by atoms with Gasteiger partial charge in [0.2, 0.25) is 0 Å². The first-order valence-corrected chi connectivity index (χ1v) is 8.26. The van der Waals surface area contributed by atoms with Crippen molar-refractivity contribution in [1.82, 2.24) is 5.32 Å². The van der Waals surface area contributed by atoms with Crippen LogP contribution in [-0.4, -0.2) is 13.1 Å². The molecule has 0 saturated heterocycles. The molecule has 0 bridgehead atoms. The lowest BCUT2D eigenvalue weighted by atomic mass is 9.83. The smallest absolute Gasteiger partial charge is 0.0709 e. The summed E-state index contributed by atoms with van der Waals surface area (Å²) >= 11 is 6.46. The van der Waals surface area contributed by atoms with Gasteiger partial charge in [0.1, 0.15) is 0 Å². The van der Waals surface area contributed by atoms with E-state index in [-0.39, 0.29) is 5.38 Å². The number of hydrogen-bond acceptors (Lipinski definition) is 1. The van der Waals surface area contributed by atoms with Crippen LogP contribution in [0, 0.1) is 0 Å². The summed E-state index contributed by atoms with van der Waals surface area (Å²) in [4.78, 5) is 0. The van der Waals surface area contributed by atoms with Crippen molar-refractivity contribution in [2.24, 2.45) is 0 Å². The van der Waals surface area contributed by atoms with Crippen molar-refractivity contribution in [2.75, 3.05) is 13.1 Å². The van der Waals surface area contributed by atoms with Gasteiger partial charge in [-0.2, -0.15) is 0 Å². The molecule has 3 rings (SSSR count). The molecular weight excluding hydrogens is 278 g/mol. The maximum absolute atomic E-state index is 6.46. The maximum atomic E-state index is 6.46. The summed E-state index contributed by atoms with van der Waals surface area (Å²) in [7, 11) is 0. The van der Waals surface area contributed by atoms with E-state index in [4.69, 9.17) is 11.6 Å². The molecule has 2 unspecified atom stereocenters. The van der Waals surface area contributed by atoms with Crippen LogP contribution in [-0.2, 0) is 6.42 Å². The van der Waals surface area contributed by atoms with E-state index in [1.54, 1.807) is 0 Å². The predicted molar refractivity (Wildman–Crippen MR) is 90.0 cm³/mol. The van der Waals surface area contributed by atoms with Crippen molar-refractivity contribution in [3.8, 4) is 0 Å². The van der Waals surface area contributed by atoms with Gasteiger partial charge in [0.05, 0.1) is 5.38 Å². The average Bonchev–Trinajstić information content (AvgIpc) is 2.56. The van der Waals surface area contributed by atoms with Crippen LogP contribution in [0.4, 0.5) is 0 Å². The van der Waals surface area contributed by atoms with Crippen LogP contribution in [0.5, 0.6) is 0 Å². The summed E-state index contributed by atoms with van der Waals surface area (Å²) in [6.07, 6.45) is 3.81. The van der Waals surface area contributed by atoms with E-state index >= 15 is 0 Å². The van der Waals surface area contributed by atoms with Crippen molar-refractivity contribution in [2.45, 2.75) is 30.6 Å². The summed E-state index contributed by atoms with van der Waals surface area (Å²) in [5, 5.41) is 3.61. The molecule has 2 aromatic carbocycles. The fraction of sp³-hybridized carbons (Fsp3) is 0.368. The van der Waals surface area contributed by atoms with E-state index < -0.39 is 0 Å². The van der Waals surface area contributed by atoms with Crippen molar-refractivity contribution in [1.29, 1.82) is 0 Å². The van der Waals surface area contributed by atoms with Gasteiger partial charge in [-0.05, 0) is 41.9 Å². The Labute approximate surface area is 132 Å². The zero-order valence-electron chi connectivity index (χ0n) is 12.3.